The van der Waals surface area contributed by atoms with Crippen LogP contribution in [0, 0.1) is 5.41 Å². The molecule has 2 aliphatic rings. The summed E-state index contributed by atoms with van der Waals surface area (Å²) in [7, 11) is 0. The summed E-state index contributed by atoms with van der Waals surface area (Å²) in [5, 5.41) is 36.6. The summed E-state index contributed by atoms with van der Waals surface area (Å²) in [6, 6.07) is -1.20. The topological polar surface area (TPSA) is 238 Å². The third-order valence-corrected chi connectivity index (χ3v) is 8.08. The van der Waals surface area contributed by atoms with Crippen molar-refractivity contribution in [3.05, 3.63) is 0 Å². The molecule has 17 nitrogen and oxygen atoms in total. The second kappa shape index (κ2) is 18.6. The lowest BCUT2D eigenvalue weighted by Gasteiger charge is -2.44. The van der Waals surface area contributed by atoms with Gasteiger partial charge in [0.2, 0.25) is 17.7 Å². The predicted octanol–water partition coefficient (Wildman–Crippen LogP) is -3.28. The maximum Gasteiger partial charge on any atom is 0.317 e. The van der Waals surface area contributed by atoms with Gasteiger partial charge in [-0.1, -0.05) is 13.8 Å². The molecule has 2 rings (SSSR count). The second-order valence-corrected chi connectivity index (χ2v) is 12.4. The molecule has 0 aromatic rings. The van der Waals surface area contributed by atoms with Crippen LogP contribution in [0.25, 0.3) is 0 Å². The van der Waals surface area contributed by atoms with E-state index < -0.39 is 29.9 Å². The first-order chi connectivity index (χ1) is 21.2. The first-order valence-corrected chi connectivity index (χ1v) is 15.3. The second-order valence-electron chi connectivity index (χ2n) is 12.4. The van der Waals surface area contributed by atoms with Gasteiger partial charge in [0.15, 0.2) is 0 Å². The van der Waals surface area contributed by atoms with Crippen LogP contribution in [0.15, 0.2) is 0 Å². The van der Waals surface area contributed by atoms with Gasteiger partial charge in [0, 0.05) is 70.9 Å². The van der Waals surface area contributed by atoms with Crippen LogP contribution in [-0.2, 0) is 28.8 Å². The number of carboxylic acid groups (broad SMARTS) is 3. The molecule has 0 spiro atoms. The highest BCUT2D eigenvalue weighted by Crippen LogP contribution is 2.28. The van der Waals surface area contributed by atoms with E-state index in [0.29, 0.717) is 71.6 Å². The van der Waals surface area contributed by atoms with Crippen LogP contribution in [0.5, 0.6) is 0 Å². The van der Waals surface area contributed by atoms with Crippen LogP contribution in [0.4, 0.5) is 0 Å². The van der Waals surface area contributed by atoms with E-state index in [-0.39, 0.29) is 62.5 Å². The zero-order chi connectivity index (χ0) is 33.6. The van der Waals surface area contributed by atoms with E-state index in [0.717, 1.165) is 0 Å². The molecule has 0 radical (unpaired) electrons. The number of hydrogen-bond donors (Lipinski definition) is 7. The lowest BCUT2D eigenvalue weighted by atomic mass is 9.76. The Labute approximate surface area is 263 Å². The Morgan fingerprint density at radius 1 is 0.756 bits per heavy atom. The Kier molecular flexibility index (Phi) is 15.6. The van der Waals surface area contributed by atoms with E-state index in [1.54, 1.807) is 14.7 Å². The van der Waals surface area contributed by atoms with Crippen molar-refractivity contribution in [1.29, 1.82) is 0 Å². The summed E-state index contributed by atoms with van der Waals surface area (Å²) in [5.74, 6) is -4.23. The maximum atomic E-state index is 12.8. The maximum absolute atomic E-state index is 12.8. The van der Waals surface area contributed by atoms with E-state index in [1.165, 1.54) is 0 Å². The van der Waals surface area contributed by atoms with Gasteiger partial charge < -0.3 is 37.0 Å². The Bertz CT molecular complexity index is 1010. The number of aliphatic carboxylic acids is 3. The highest BCUT2D eigenvalue weighted by Gasteiger charge is 2.43. The molecule has 2 aliphatic heterocycles. The van der Waals surface area contributed by atoms with Gasteiger partial charge in [0.25, 0.3) is 0 Å². The number of amides is 3. The summed E-state index contributed by atoms with van der Waals surface area (Å²) < 4.78 is 0. The fourth-order valence-corrected chi connectivity index (χ4v) is 5.35. The van der Waals surface area contributed by atoms with Gasteiger partial charge in [0.1, 0.15) is 6.04 Å². The number of carbonyl (C=O) groups is 6. The van der Waals surface area contributed by atoms with Gasteiger partial charge in [-0.3, -0.25) is 48.4 Å². The van der Waals surface area contributed by atoms with Crippen LogP contribution >= 0.6 is 0 Å². The Morgan fingerprint density at radius 3 is 1.51 bits per heavy atom. The van der Waals surface area contributed by atoms with Gasteiger partial charge in [-0.05, 0) is 19.3 Å². The van der Waals surface area contributed by atoms with Crippen LogP contribution < -0.4 is 21.7 Å². The number of carboxylic acids is 3. The highest BCUT2D eigenvalue weighted by molar-refractivity contribution is 5.90. The molecular weight excluding hydrogens is 592 g/mol. The number of primary amides is 1. The predicted molar refractivity (Wildman–Crippen MR) is 162 cm³/mol. The molecule has 2 fully saturated rings. The molecule has 3 amide bonds. The first-order valence-electron chi connectivity index (χ1n) is 15.3. The molecular formula is C28H50N8O9. The van der Waals surface area contributed by atoms with E-state index in [1.807, 2.05) is 18.7 Å². The monoisotopic (exact) mass is 642 g/mol. The molecule has 8 N–H and O–H groups in total. The molecule has 256 valence electrons. The minimum atomic E-state index is -1.03. The zero-order valence-corrected chi connectivity index (χ0v) is 26.3. The van der Waals surface area contributed by atoms with Crippen molar-refractivity contribution in [3.8, 4) is 0 Å². The average Bonchev–Trinajstić information content (AvgIpc) is 2.92. The summed E-state index contributed by atoms with van der Waals surface area (Å²) in [4.78, 5) is 78.3. The smallest absolute Gasteiger partial charge is 0.317 e. The number of nitrogens with two attached hydrogens (primary N) is 1. The van der Waals surface area contributed by atoms with Gasteiger partial charge in [-0.2, -0.15) is 0 Å². The van der Waals surface area contributed by atoms with Crippen molar-refractivity contribution in [1.82, 2.24) is 35.6 Å². The molecule has 0 bridgehead atoms. The van der Waals surface area contributed by atoms with Crippen molar-refractivity contribution < 1.29 is 44.1 Å². The number of hydrogen-bond acceptors (Lipinski definition) is 11. The van der Waals surface area contributed by atoms with Crippen molar-refractivity contribution in [3.63, 3.8) is 0 Å². The fraction of sp³-hybridized carbons (Fsp3) is 0.786. The van der Waals surface area contributed by atoms with Crippen LogP contribution in [-0.4, -0.2) is 174 Å². The molecule has 0 aromatic heterocycles. The van der Waals surface area contributed by atoms with Crippen LogP contribution in [0.3, 0.4) is 0 Å². The minimum absolute atomic E-state index is 0.0110. The van der Waals surface area contributed by atoms with Gasteiger partial charge in [0.05, 0.1) is 32.2 Å². The average molecular weight is 643 g/mol. The van der Waals surface area contributed by atoms with E-state index in [9.17, 15) is 44.1 Å². The van der Waals surface area contributed by atoms with E-state index >= 15 is 0 Å². The molecule has 17 heteroatoms. The van der Waals surface area contributed by atoms with Gasteiger partial charge >= 0.3 is 17.9 Å². The van der Waals surface area contributed by atoms with Crippen LogP contribution in [0.1, 0.15) is 33.1 Å². The summed E-state index contributed by atoms with van der Waals surface area (Å²) in [5.41, 5.74) is 5.29. The molecule has 0 unspecified atom stereocenters. The Balaban J connectivity index is 1.90. The third kappa shape index (κ3) is 14.5. The SMILES string of the molecule is CC1(C)CN[C@@H]1C(=O)N[C@H](CCCCNC(=O)CN1CCN(CC(=O)O)CCN(CC(=O)O)CCN(CC(=O)O)CC1)C(N)=O. The third-order valence-electron chi connectivity index (χ3n) is 8.08. The molecule has 2 atom stereocenters. The minimum Gasteiger partial charge on any atom is -0.480 e. The molecule has 45 heavy (non-hydrogen) atoms. The van der Waals surface area contributed by atoms with Crippen molar-refractivity contribution in [2.24, 2.45) is 11.1 Å². The molecule has 0 saturated carbocycles. The van der Waals surface area contributed by atoms with Crippen LogP contribution in [0.2, 0.25) is 0 Å². The Hall–Kier alpha value is -3.38. The van der Waals surface area contributed by atoms with Gasteiger partial charge in [-0.15, -0.1) is 0 Å². The van der Waals surface area contributed by atoms with E-state index in [4.69, 9.17) is 5.73 Å². The highest BCUT2D eigenvalue weighted by atomic mass is 16.4. The number of unbranched alkanes of at least 4 members (excludes halogenated alkanes) is 1. The number of nitrogens with one attached hydrogen (secondary N) is 3. The fourth-order valence-electron chi connectivity index (χ4n) is 5.35. The molecule has 2 heterocycles. The zero-order valence-electron chi connectivity index (χ0n) is 26.3. The molecule has 0 aromatic carbocycles. The summed E-state index contributed by atoms with van der Waals surface area (Å²) in [6.07, 6.45) is 1.41. The van der Waals surface area contributed by atoms with E-state index in [2.05, 4.69) is 16.0 Å². The lowest BCUT2D eigenvalue weighted by Crippen LogP contribution is -2.67. The standard InChI is InChI=1S/C28H50N8O9/c1-28(2)19-31-25(28)27(45)32-20(26(29)44)5-3-4-6-30-21(37)15-33-7-9-34(16-22(38)39)11-13-36(18-24(42)43)14-12-35(10-8-33)17-23(40)41/h20,25,31H,3-19H2,1-2H3,(H2,29,44)(H,30,37)(H,32,45)(H,38,39)(H,40,41)(H,42,43)/t20-,25-/m1/s1. The largest absolute Gasteiger partial charge is 0.480 e. The Morgan fingerprint density at radius 2 is 1.18 bits per heavy atom. The van der Waals surface area contributed by atoms with Crippen molar-refractivity contribution in [2.75, 3.05) is 91.6 Å². The molecule has 2 saturated heterocycles. The number of rotatable bonds is 16. The number of carbonyl (C=O) groups excluding carboxylic acids is 3. The summed E-state index contributed by atoms with van der Waals surface area (Å²) in [6.45, 7) is 6.71. The lowest BCUT2D eigenvalue weighted by molar-refractivity contribution is -0.140. The van der Waals surface area contributed by atoms with Gasteiger partial charge in [-0.25, -0.2) is 0 Å². The normalized spacial score (nSPS) is 21.3. The number of nitrogens with zero attached hydrogens (tertiary/aromatic N) is 4. The van der Waals surface area contributed by atoms with Crippen molar-refractivity contribution in [2.45, 2.75) is 45.2 Å². The molecule has 0 aliphatic carbocycles. The first kappa shape index (κ1) is 37.8. The van der Waals surface area contributed by atoms with Crippen molar-refractivity contribution >= 4 is 35.6 Å². The quantitative estimate of drug-likeness (QED) is 0.0818. The summed E-state index contributed by atoms with van der Waals surface area (Å²) >= 11 is 0.